The van der Waals surface area contributed by atoms with E-state index in [4.69, 9.17) is 4.74 Å². The average Bonchev–Trinajstić information content (AvgIpc) is 2.65. The third-order valence-corrected chi connectivity index (χ3v) is 4.04. The van der Waals surface area contributed by atoms with Crippen LogP contribution in [0, 0.1) is 6.92 Å². The second-order valence-electron chi connectivity index (χ2n) is 6.02. The quantitative estimate of drug-likeness (QED) is 0.634. The number of ether oxygens (including phenoxy) is 1. The van der Waals surface area contributed by atoms with Crippen LogP contribution < -0.4 is 15.4 Å². The van der Waals surface area contributed by atoms with Gasteiger partial charge in [-0.05, 0) is 43.2 Å². The van der Waals surface area contributed by atoms with E-state index >= 15 is 0 Å². The minimum Gasteiger partial charge on any atom is -0.495 e. The van der Waals surface area contributed by atoms with Crippen molar-refractivity contribution in [2.75, 3.05) is 24.3 Å². The molecule has 0 saturated heterocycles. The Morgan fingerprint density at radius 3 is 2.85 bits per heavy atom. The first-order chi connectivity index (χ1) is 12.7. The van der Waals surface area contributed by atoms with E-state index in [-0.39, 0.29) is 5.91 Å². The highest BCUT2D eigenvalue weighted by Gasteiger charge is 2.08. The molecule has 26 heavy (non-hydrogen) atoms. The fraction of sp³-hybridized carbons (Fsp3) is 0.250. The van der Waals surface area contributed by atoms with Crippen molar-refractivity contribution in [1.29, 1.82) is 0 Å². The Kier molecular flexibility index (Phi) is 5.63. The number of carbonyl (C=O) groups excluding carboxylic acids is 1. The van der Waals surface area contributed by atoms with Crippen molar-refractivity contribution in [3.63, 3.8) is 0 Å². The van der Waals surface area contributed by atoms with Crippen LogP contribution in [-0.2, 0) is 4.79 Å². The van der Waals surface area contributed by atoms with Gasteiger partial charge in [-0.25, -0.2) is 9.97 Å². The highest BCUT2D eigenvalue weighted by Crippen LogP contribution is 2.25. The first-order valence-corrected chi connectivity index (χ1v) is 8.55. The smallest absolute Gasteiger partial charge is 0.224 e. The van der Waals surface area contributed by atoms with Gasteiger partial charge in [0.25, 0.3) is 0 Å². The third kappa shape index (κ3) is 4.27. The van der Waals surface area contributed by atoms with Crippen LogP contribution in [0.4, 0.5) is 11.5 Å². The van der Waals surface area contributed by atoms with Gasteiger partial charge in [0, 0.05) is 18.4 Å². The molecule has 0 bridgehead atoms. The molecular formula is C20H22N4O2. The molecule has 0 aliphatic carbocycles. The van der Waals surface area contributed by atoms with Crippen LogP contribution in [0.25, 0.3) is 10.9 Å². The molecule has 2 N–H and O–H groups in total. The predicted molar refractivity (Wildman–Crippen MR) is 104 cm³/mol. The molecule has 6 nitrogen and oxygen atoms in total. The Labute approximate surface area is 152 Å². The van der Waals surface area contributed by atoms with Gasteiger partial charge in [-0.2, -0.15) is 0 Å². The van der Waals surface area contributed by atoms with Gasteiger partial charge in [0.1, 0.15) is 17.9 Å². The monoisotopic (exact) mass is 350 g/mol. The van der Waals surface area contributed by atoms with Gasteiger partial charge in [-0.3, -0.25) is 4.79 Å². The lowest BCUT2D eigenvalue weighted by molar-refractivity contribution is -0.116. The molecule has 134 valence electrons. The van der Waals surface area contributed by atoms with Crippen LogP contribution in [0.5, 0.6) is 5.75 Å². The predicted octanol–water partition coefficient (Wildman–Crippen LogP) is 3.78. The van der Waals surface area contributed by atoms with E-state index in [9.17, 15) is 4.79 Å². The maximum absolute atomic E-state index is 12.2. The number of rotatable bonds is 7. The number of nitrogens with zero attached hydrogens (tertiary/aromatic N) is 2. The molecule has 6 heteroatoms. The molecule has 1 aromatic heterocycles. The number of fused-ring (bicyclic) bond motifs is 1. The Morgan fingerprint density at radius 2 is 2.00 bits per heavy atom. The molecule has 0 saturated carbocycles. The molecule has 0 fully saturated rings. The van der Waals surface area contributed by atoms with Crippen LogP contribution in [0.3, 0.4) is 0 Å². The second kappa shape index (κ2) is 8.29. The zero-order chi connectivity index (χ0) is 18.4. The maximum atomic E-state index is 12.2. The van der Waals surface area contributed by atoms with Gasteiger partial charge in [0.05, 0.1) is 18.3 Å². The summed E-state index contributed by atoms with van der Waals surface area (Å²) in [5.41, 5.74) is 2.67. The van der Waals surface area contributed by atoms with E-state index in [0.29, 0.717) is 30.8 Å². The molecule has 2 aromatic carbocycles. The number of methoxy groups -OCH3 is 1. The van der Waals surface area contributed by atoms with Crippen LogP contribution in [-0.4, -0.2) is 29.5 Å². The number of aromatic nitrogens is 2. The standard InChI is InChI=1S/C20H22N4O2/c1-14-9-10-18(26-2)17(12-14)24-19(25)8-5-11-21-20-15-6-3-4-7-16(15)22-13-23-20/h3-4,6-7,9-10,12-13H,5,8,11H2,1-2H3,(H,24,25)(H,21,22,23). The lowest BCUT2D eigenvalue weighted by Crippen LogP contribution is -2.14. The van der Waals surface area contributed by atoms with E-state index in [2.05, 4.69) is 20.6 Å². The number of hydrogen-bond acceptors (Lipinski definition) is 5. The van der Waals surface area contributed by atoms with E-state index in [1.165, 1.54) is 0 Å². The Morgan fingerprint density at radius 1 is 1.15 bits per heavy atom. The minimum absolute atomic E-state index is 0.0387. The van der Waals surface area contributed by atoms with Gasteiger partial charge < -0.3 is 15.4 Å². The zero-order valence-electron chi connectivity index (χ0n) is 15.0. The molecule has 0 aliphatic rings. The average molecular weight is 350 g/mol. The third-order valence-electron chi connectivity index (χ3n) is 4.04. The summed E-state index contributed by atoms with van der Waals surface area (Å²) < 4.78 is 5.28. The van der Waals surface area contributed by atoms with Crippen molar-refractivity contribution in [2.45, 2.75) is 19.8 Å². The summed E-state index contributed by atoms with van der Waals surface area (Å²) in [4.78, 5) is 20.7. The minimum atomic E-state index is -0.0387. The van der Waals surface area contributed by atoms with Crippen molar-refractivity contribution in [2.24, 2.45) is 0 Å². The van der Waals surface area contributed by atoms with E-state index in [0.717, 1.165) is 22.3 Å². The van der Waals surface area contributed by atoms with Crippen molar-refractivity contribution in [3.05, 3.63) is 54.4 Å². The fourth-order valence-electron chi connectivity index (χ4n) is 2.73. The van der Waals surface area contributed by atoms with Crippen molar-refractivity contribution >= 4 is 28.3 Å². The lowest BCUT2D eigenvalue weighted by atomic mass is 10.2. The normalized spacial score (nSPS) is 10.5. The number of anilines is 2. The summed E-state index contributed by atoms with van der Waals surface area (Å²) in [7, 11) is 1.59. The summed E-state index contributed by atoms with van der Waals surface area (Å²) >= 11 is 0. The summed E-state index contributed by atoms with van der Waals surface area (Å²) in [6.45, 7) is 2.63. The number of benzene rings is 2. The van der Waals surface area contributed by atoms with Gasteiger partial charge in [0.15, 0.2) is 0 Å². The summed E-state index contributed by atoms with van der Waals surface area (Å²) in [5, 5.41) is 7.17. The zero-order valence-corrected chi connectivity index (χ0v) is 15.0. The van der Waals surface area contributed by atoms with Crippen LogP contribution in [0.15, 0.2) is 48.8 Å². The van der Waals surface area contributed by atoms with Crippen molar-refractivity contribution < 1.29 is 9.53 Å². The summed E-state index contributed by atoms with van der Waals surface area (Å²) in [5.74, 6) is 1.41. The number of hydrogen-bond donors (Lipinski definition) is 2. The number of aryl methyl sites for hydroxylation is 1. The first kappa shape index (κ1) is 17.7. The largest absolute Gasteiger partial charge is 0.495 e. The van der Waals surface area contributed by atoms with Gasteiger partial charge in [0.2, 0.25) is 5.91 Å². The molecule has 3 aromatic rings. The van der Waals surface area contributed by atoms with Gasteiger partial charge >= 0.3 is 0 Å². The molecule has 3 rings (SSSR count). The Bertz CT molecular complexity index is 906. The van der Waals surface area contributed by atoms with Crippen LogP contribution in [0.1, 0.15) is 18.4 Å². The SMILES string of the molecule is COc1ccc(C)cc1NC(=O)CCCNc1ncnc2ccccc12. The molecule has 0 aliphatic heterocycles. The number of para-hydroxylation sites is 1. The van der Waals surface area contributed by atoms with Crippen molar-refractivity contribution in [1.82, 2.24) is 9.97 Å². The maximum Gasteiger partial charge on any atom is 0.224 e. The van der Waals surface area contributed by atoms with Gasteiger partial charge in [-0.15, -0.1) is 0 Å². The summed E-state index contributed by atoms with van der Waals surface area (Å²) in [6.07, 6.45) is 2.65. The molecular weight excluding hydrogens is 328 g/mol. The molecule has 0 spiro atoms. The molecule has 1 amide bonds. The lowest BCUT2D eigenvalue weighted by Gasteiger charge is -2.11. The second-order valence-corrected chi connectivity index (χ2v) is 6.02. The highest BCUT2D eigenvalue weighted by molar-refractivity contribution is 5.92. The van der Waals surface area contributed by atoms with E-state index in [1.54, 1.807) is 13.4 Å². The van der Waals surface area contributed by atoms with E-state index in [1.807, 2.05) is 49.4 Å². The van der Waals surface area contributed by atoms with Gasteiger partial charge in [-0.1, -0.05) is 18.2 Å². The Balaban J connectivity index is 1.52. The molecule has 0 unspecified atom stereocenters. The van der Waals surface area contributed by atoms with Crippen molar-refractivity contribution in [3.8, 4) is 5.75 Å². The topological polar surface area (TPSA) is 76.1 Å². The van der Waals surface area contributed by atoms with Crippen LogP contribution in [0.2, 0.25) is 0 Å². The first-order valence-electron chi connectivity index (χ1n) is 8.55. The Hall–Kier alpha value is -3.15. The number of carbonyl (C=O) groups is 1. The highest BCUT2D eigenvalue weighted by atomic mass is 16.5. The fourth-order valence-corrected chi connectivity index (χ4v) is 2.73. The molecule has 0 radical (unpaired) electrons. The number of amides is 1. The van der Waals surface area contributed by atoms with E-state index < -0.39 is 0 Å². The summed E-state index contributed by atoms with van der Waals surface area (Å²) in [6, 6.07) is 13.5. The molecule has 1 heterocycles. The van der Waals surface area contributed by atoms with Crippen LogP contribution >= 0.6 is 0 Å². The number of nitrogens with one attached hydrogen (secondary N) is 2. The molecule has 0 atom stereocenters.